The van der Waals surface area contributed by atoms with Crippen LogP contribution in [0, 0.1) is 0 Å². The number of fused-ring (bicyclic) bond motifs is 1. The first-order valence-electron chi connectivity index (χ1n) is 5.89. The Labute approximate surface area is 105 Å². The monoisotopic (exact) mass is 245 g/mol. The van der Waals surface area contributed by atoms with Crippen molar-refractivity contribution >= 4 is 22.7 Å². The van der Waals surface area contributed by atoms with Crippen molar-refractivity contribution in [2.24, 2.45) is 0 Å². The van der Waals surface area contributed by atoms with Gasteiger partial charge in [0.25, 0.3) is 0 Å². The summed E-state index contributed by atoms with van der Waals surface area (Å²) in [6.45, 7) is 3.94. The van der Waals surface area contributed by atoms with E-state index in [1.54, 1.807) is 4.57 Å². The van der Waals surface area contributed by atoms with E-state index >= 15 is 0 Å². The van der Waals surface area contributed by atoms with Crippen molar-refractivity contribution in [3.63, 3.8) is 0 Å². The van der Waals surface area contributed by atoms with Crippen molar-refractivity contribution in [1.82, 2.24) is 4.57 Å². The Balaban J connectivity index is 2.82. The number of benzene rings is 1. The van der Waals surface area contributed by atoms with Crippen molar-refractivity contribution in [3.8, 4) is 0 Å². The Morgan fingerprint density at radius 1 is 1.28 bits per heavy atom. The number of ketones is 1. The highest BCUT2D eigenvalue weighted by molar-refractivity contribution is 6.00. The molecule has 1 aromatic heterocycles. The van der Waals surface area contributed by atoms with Crippen LogP contribution < -0.4 is 0 Å². The Morgan fingerprint density at radius 2 is 1.94 bits per heavy atom. The molecule has 0 unspecified atom stereocenters. The SMILES string of the molecule is CCn1c(C(=O)O)c(CC(C)=O)c2ccccc21. The van der Waals surface area contributed by atoms with E-state index in [9.17, 15) is 14.7 Å². The minimum Gasteiger partial charge on any atom is -0.477 e. The van der Waals surface area contributed by atoms with Crippen molar-refractivity contribution < 1.29 is 14.7 Å². The summed E-state index contributed by atoms with van der Waals surface area (Å²) in [5, 5.41) is 10.2. The van der Waals surface area contributed by atoms with Gasteiger partial charge >= 0.3 is 5.97 Å². The smallest absolute Gasteiger partial charge is 0.352 e. The Kier molecular flexibility index (Phi) is 3.19. The van der Waals surface area contributed by atoms with Crippen molar-refractivity contribution in [2.45, 2.75) is 26.8 Å². The van der Waals surface area contributed by atoms with E-state index in [1.807, 2.05) is 31.2 Å². The number of aromatic carboxylic acids is 1. The minimum atomic E-state index is -0.982. The third-order valence-corrected chi connectivity index (χ3v) is 3.02. The summed E-state index contributed by atoms with van der Waals surface area (Å²) in [5.74, 6) is -1.01. The molecule has 0 atom stereocenters. The van der Waals surface area contributed by atoms with Gasteiger partial charge in [-0.1, -0.05) is 18.2 Å². The van der Waals surface area contributed by atoms with Crippen LogP contribution in [0.5, 0.6) is 0 Å². The van der Waals surface area contributed by atoms with Crippen LogP contribution in [0.4, 0.5) is 0 Å². The van der Waals surface area contributed by atoms with Gasteiger partial charge in [-0.3, -0.25) is 4.79 Å². The molecule has 0 aliphatic carbocycles. The molecule has 0 saturated heterocycles. The molecule has 0 amide bonds. The maximum atomic E-state index is 11.4. The summed E-state index contributed by atoms with van der Waals surface area (Å²) in [4.78, 5) is 22.7. The van der Waals surface area contributed by atoms with E-state index in [-0.39, 0.29) is 17.9 Å². The second-order valence-electron chi connectivity index (χ2n) is 4.27. The van der Waals surface area contributed by atoms with Gasteiger partial charge in [-0.05, 0) is 25.5 Å². The number of carboxylic acids is 1. The Bertz CT molecular complexity index is 625. The fourth-order valence-electron chi connectivity index (χ4n) is 2.38. The van der Waals surface area contributed by atoms with Crippen LogP contribution >= 0.6 is 0 Å². The maximum Gasteiger partial charge on any atom is 0.352 e. The van der Waals surface area contributed by atoms with Crippen LogP contribution in [-0.4, -0.2) is 21.4 Å². The number of carbonyl (C=O) groups excluding carboxylic acids is 1. The van der Waals surface area contributed by atoms with Gasteiger partial charge in [-0.25, -0.2) is 4.79 Å². The van der Waals surface area contributed by atoms with Gasteiger partial charge in [-0.2, -0.15) is 0 Å². The molecule has 0 bridgehead atoms. The molecule has 0 radical (unpaired) electrons. The van der Waals surface area contributed by atoms with Gasteiger partial charge in [0.2, 0.25) is 0 Å². The molecule has 0 aliphatic rings. The molecule has 1 N–H and O–H groups in total. The summed E-state index contributed by atoms with van der Waals surface area (Å²) in [5.41, 5.74) is 1.72. The third-order valence-electron chi connectivity index (χ3n) is 3.02. The molecule has 0 saturated carbocycles. The molecular weight excluding hydrogens is 230 g/mol. The van der Waals surface area contributed by atoms with E-state index in [0.717, 1.165) is 10.9 Å². The fraction of sp³-hybridized carbons (Fsp3) is 0.286. The second-order valence-corrected chi connectivity index (χ2v) is 4.27. The molecule has 1 heterocycles. The Hall–Kier alpha value is -2.10. The summed E-state index contributed by atoms with van der Waals surface area (Å²) in [7, 11) is 0. The molecule has 2 rings (SSSR count). The number of aromatic nitrogens is 1. The zero-order valence-electron chi connectivity index (χ0n) is 10.4. The molecule has 1 aromatic carbocycles. The highest BCUT2D eigenvalue weighted by Crippen LogP contribution is 2.27. The summed E-state index contributed by atoms with van der Waals surface area (Å²) < 4.78 is 1.75. The number of para-hydroxylation sites is 1. The van der Waals surface area contributed by atoms with Crippen LogP contribution in [0.1, 0.15) is 29.9 Å². The number of hydrogen-bond acceptors (Lipinski definition) is 2. The zero-order valence-corrected chi connectivity index (χ0v) is 10.4. The number of carbonyl (C=O) groups is 2. The Morgan fingerprint density at radius 3 is 2.50 bits per heavy atom. The minimum absolute atomic E-state index is 0.0310. The summed E-state index contributed by atoms with van der Waals surface area (Å²) >= 11 is 0. The highest BCUT2D eigenvalue weighted by Gasteiger charge is 2.21. The van der Waals surface area contributed by atoms with E-state index in [4.69, 9.17) is 0 Å². The number of carboxylic acid groups (broad SMARTS) is 1. The van der Waals surface area contributed by atoms with E-state index in [0.29, 0.717) is 12.1 Å². The molecule has 18 heavy (non-hydrogen) atoms. The topological polar surface area (TPSA) is 59.3 Å². The van der Waals surface area contributed by atoms with E-state index < -0.39 is 5.97 Å². The molecule has 0 spiro atoms. The maximum absolute atomic E-state index is 11.4. The lowest BCUT2D eigenvalue weighted by atomic mass is 10.1. The van der Waals surface area contributed by atoms with E-state index in [2.05, 4.69) is 0 Å². The van der Waals surface area contributed by atoms with Crippen LogP contribution in [0.25, 0.3) is 10.9 Å². The number of hydrogen-bond donors (Lipinski definition) is 1. The zero-order chi connectivity index (χ0) is 13.3. The van der Waals surface area contributed by atoms with Gasteiger partial charge in [0.05, 0.1) is 0 Å². The second kappa shape index (κ2) is 4.64. The fourth-order valence-corrected chi connectivity index (χ4v) is 2.38. The van der Waals surface area contributed by atoms with Crippen LogP contribution in [0.15, 0.2) is 24.3 Å². The molecule has 4 nitrogen and oxygen atoms in total. The quantitative estimate of drug-likeness (QED) is 0.900. The van der Waals surface area contributed by atoms with Crippen molar-refractivity contribution in [2.75, 3.05) is 0 Å². The lowest BCUT2D eigenvalue weighted by Gasteiger charge is -2.04. The predicted molar refractivity (Wildman–Crippen MR) is 69.0 cm³/mol. The molecule has 2 aromatic rings. The summed E-state index contributed by atoms with van der Waals surface area (Å²) in [6, 6.07) is 7.48. The first-order valence-corrected chi connectivity index (χ1v) is 5.89. The standard InChI is InChI=1S/C14H15NO3/c1-3-15-12-7-5-4-6-10(12)11(8-9(2)16)13(15)14(17)18/h4-7H,3,8H2,1-2H3,(H,17,18). The van der Waals surface area contributed by atoms with Gasteiger partial charge < -0.3 is 9.67 Å². The normalized spacial score (nSPS) is 10.8. The number of aryl methyl sites for hydroxylation is 1. The number of Topliss-reactive ketones (excluding diaryl/α,β-unsaturated/α-hetero) is 1. The van der Waals surface area contributed by atoms with Gasteiger partial charge in [-0.15, -0.1) is 0 Å². The van der Waals surface area contributed by atoms with Crippen molar-refractivity contribution in [3.05, 3.63) is 35.5 Å². The van der Waals surface area contributed by atoms with Crippen LogP contribution in [0.2, 0.25) is 0 Å². The van der Waals surface area contributed by atoms with Gasteiger partial charge in [0.1, 0.15) is 11.5 Å². The van der Waals surface area contributed by atoms with E-state index in [1.165, 1.54) is 6.92 Å². The molecule has 0 aliphatic heterocycles. The van der Waals surface area contributed by atoms with Crippen LogP contribution in [-0.2, 0) is 17.8 Å². The number of rotatable bonds is 4. The molecular formula is C14H15NO3. The largest absolute Gasteiger partial charge is 0.477 e. The average Bonchev–Trinajstić information content (AvgIpc) is 2.63. The number of nitrogens with zero attached hydrogens (tertiary/aromatic N) is 1. The summed E-state index contributed by atoms with van der Waals surface area (Å²) in [6.07, 6.45) is 0.162. The molecule has 4 heteroatoms. The van der Waals surface area contributed by atoms with Crippen molar-refractivity contribution in [1.29, 1.82) is 0 Å². The van der Waals surface area contributed by atoms with Crippen LogP contribution in [0.3, 0.4) is 0 Å². The third kappa shape index (κ3) is 1.90. The molecule has 0 fully saturated rings. The molecule has 94 valence electrons. The first-order chi connectivity index (χ1) is 8.56. The van der Waals surface area contributed by atoms with Gasteiger partial charge in [0, 0.05) is 23.9 Å². The lowest BCUT2D eigenvalue weighted by Crippen LogP contribution is -2.11. The average molecular weight is 245 g/mol. The predicted octanol–water partition coefficient (Wildman–Crippen LogP) is 2.49. The first kappa shape index (κ1) is 12.4. The van der Waals surface area contributed by atoms with Gasteiger partial charge in [0.15, 0.2) is 0 Å². The highest BCUT2D eigenvalue weighted by atomic mass is 16.4. The lowest BCUT2D eigenvalue weighted by molar-refractivity contribution is -0.116.